The van der Waals surface area contributed by atoms with Crippen molar-refractivity contribution in [2.45, 2.75) is 58.2 Å². The average molecular weight is 264 g/mol. The van der Waals surface area contributed by atoms with Crippen LogP contribution in [0.5, 0.6) is 0 Å². The molecule has 4 atom stereocenters. The second-order valence-electron chi connectivity index (χ2n) is 5.69. The van der Waals surface area contributed by atoms with Crippen LogP contribution in [-0.2, 0) is 16.1 Å². The van der Waals surface area contributed by atoms with Gasteiger partial charge in [-0.2, -0.15) is 0 Å². The van der Waals surface area contributed by atoms with Gasteiger partial charge in [-0.05, 0) is 18.4 Å². The van der Waals surface area contributed by atoms with Crippen LogP contribution in [0.2, 0.25) is 0 Å². The highest BCUT2D eigenvalue weighted by molar-refractivity contribution is 5.13. The molecule has 1 N–H and O–H groups in total. The minimum atomic E-state index is -0.418. The van der Waals surface area contributed by atoms with Crippen molar-refractivity contribution in [1.82, 2.24) is 0 Å². The maximum absolute atomic E-state index is 10.1. The van der Waals surface area contributed by atoms with Crippen LogP contribution >= 0.6 is 0 Å². The summed E-state index contributed by atoms with van der Waals surface area (Å²) in [6.07, 6.45) is 0.123. The first-order valence-corrected chi connectivity index (χ1v) is 7.07. The fourth-order valence-corrected chi connectivity index (χ4v) is 2.47. The van der Waals surface area contributed by atoms with Gasteiger partial charge >= 0.3 is 0 Å². The van der Waals surface area contributed by atoms with Crippen LogP contribution in [-0.4, -0.2) is 29.5 Å². The Kier molecular flexibility index (Phi) is 4.97. The van der Waals surface area contributed by atoms with E-state index in [1.165, 1.54) is 0 Å². The van der Waals surface area contributed by atoms with Crippen LogP contribution < -0.4 is 0 Å². The molecule has 106 valence electrons. The SMILES string of the molecule is CC(C)[C@H]1C[C@@H](O)[C@H]([C@H](C)OCc2ccccc2)O1. The van der Waals surface area contributed by atoms with Crippen molar-refractivity contribution in [1.29, 1.82) is 0 Å². The lowest BCUT2D eigenvalue weighted by Crippen LogP contribution is -2.34. The maximum atomic E-state index is 10.1. The Hall–Kier alpha value is -0.900. The third-order valence-electron chi connectivity index (χ3n) is 3.75. The van der Waals surface area contributed by atoms with E-state index >= 15 is 0 Å². The molecule has 0 bridgehead atoms. The zero-order valence-electron chi connectivity index (χ0n) is 12.0. The number of aliphatic hydroxyl groups is 1. The molecule has 1 heterocycles. The van der Waals surface area contributed by atoms with Crippen molar-refractivity contribution >= 4 is 0 Å². The number of benzene rings is 1. The van der Waals surface area contributed by atoms with Crippen molar-refractivity contribution in [2.75, 3.05) is 0 Å². The second kappa shape index (κ2) is 6.51. The van der Waals surface area contributed by atoms with Gasteiger partial charge in [-0.1, -0.05) is 44.2 Å². The van der Waals surface area contributed by atoms with Crippen LogP contribution in [0.3, 0.4) is 0 Å². The van der Waals surface area contributed by atoms with Gasteiger partial charge in [-0.25, -0.2) is 0 Å². The van der Waals surface area contributed by atoms with Crippen molar-refractivity contribution in [3.05, 3.63) is 35.9 Å². The molecule has 0 radical (unpaired) electrons. The summed E-state index contributed by atoms with van der Waals surface area (Å²) in [4.78, 5) is 0. The van der Waals surface area contributed by atoms with E-state index in [1.54, 1.807) is 0 Å². The van der Waals surface area contributed by atoms with E-state index < -0.39 is 6.10 Å². The summed E-state index contributed by atoms with van der Waals surface area (Å²) in [6.45, 7) is 6.77. The van der Waals surface area contributed by atoms with Crippen LogP contribution in [0.1, 0.15) is 32.8 Å². The highest BCUT2D eigenvalue weighted by Gasteiger charge is 2.38. The molecule has 1 aliphatic heterocycles. The van der Waals surface area contributed by atoms with E-state index in [9.17, 15) is 5.11 Å². The predicted molar refractivity (Wildman–Crippen MR) is 74.8 cm³/mol. The van der Waals surface area contributed by atoms with Crippen LogP contribution in [0.25, 0.3) is 0 Å². The average Bonchev–Trinajstić information content (AvgIpc) is 2.80. The quantitative estimate of drug-likeness (QED) is 0.888. The van der Waals surface area contributed by atoms with Gasteiger partial charge < -0.3 is 14.6 Å². The molecular weight excluding hydrogens is 240 g/mol. The smallest absolute Gasteiger partial charge is 0.110 e. The van der Waals surface area contributed by atoms with Crippen molar-refractivity contribution < 1.29 is 14.6 Å². The van der Waals surface area contributed by atoms with Crippen molar-refractivity contribution in [2.24, 2.45) is 5.92 Å². The molecule has 3 heteroatoms. The third-order valence-corrected chi connectivity index (χ3v) is 3.75. The highest BCUT2D eigenvalue weighted by Crippen LogP contribution is 2.28. The topological polar surface area (TPSA) is 38.7 Å². The van der Waals surface area contributed by atoms with E-state index in [0.29, 0.717) is 18.9 Å². The zero-order valence-corrected chi connectivity index (χ0v) is 12.0. The normalized spacial score (nSPS) is 28.8. The molecule has 1 saturated heterocycles. The Balaban J connectivity index is 1.85. The highest BCUT2D eigenvalue weighted by atomic mass is 16.6. The summed E-state index contributed by atoms with van der Waals surface area (Å²) in [5, 5.41) is 10.1. The molecular formula is C16H24O3. The molecule has 0 aromatic heterocycles. The number of rotatable bonds is 5. The second-order valence-corrected chi connectivity index (χ2v) is 5.69. The maximum Gasteiger partial charge on any atom is 0.110 e. The monoisotopic (exact) mass is 264 g/mol. The molecule has 3 nitrogen and oxygen atoms in total. The summed E-state index contributed by atoms with van der Waals surface area (Å²) in [5.41, 5.74) is 1.14. The van der Waals surface area contributed by atoms with Gasteiger partial charge in [0.05, 0.1) is 24.9 Å². The fraction of sp³-hybridized carbons (Fsp3) is 0.625. The molecule has 0 saturated carbocycles. The summed E-state index contributed by atoms with van der Waals surface area (Å²) < 4.78 is 11.7. The standard InChI is InChI=1S/C16H24O3/c1-11(2)15-9-14(17)16(19-15)12(3)18-10-13-7-5-4-6-8-13/h4-8,11-12,14-17H,9-10H2,1-3H3/t12-,14+,15+,16-/m0/s1. The van der Waals surface area contributed by atoms with Gasteiger partial charge in [-0.15, -0.1) is 0 Å². The van der Waals surface area contributed by atoms with Crippen LogP contribution in [0, 0.1) is 5.92 Å². The first kappa shape index (κ1) is 14.5. The predicted octanol–water partition coefficient (Wildman–Crippen LogP) is 2.77. The summed E-state index contributed by atoms with van der Waals surface area (Å²) in [6, 6.07) is 10.1. The molecule has 2 rings (SSSR count). The third kappa shape index (κ3) is 3.78. The number of hydrogen-bond donors (Lipinski definition) is 1. The molecule has 0 aliphatic carbocycles. The summed E-state index contributed by atoms with van der Waals surface area (Å²) in [5.74, 6) is 0.431. The summed E-state index contributed by atoms with van der Waals surface area (Å²) >= 11 is 0. The minimum absolute atomic E-state index is 0.0982. The molecule has 1 aromatic rings. The van der Waals surface area contributed by atoms with Crippen molar-refractivity contribution in [3.63, 3.8) is 0 Å². The van der Waals surface area contributed by atoms with E-state index in [1.807, 2.05) is 37.3 Å². The Bertz CT molecular complexity index is 377. The van der Waals surface area contributed by atoms with Gasteiger partial charge in [0.15, 0.2) is 0 Å². The van der Waals surface area contributed by atoms with E-state index in [2.05, 4.69) is 13.8 Å². The number of ether oxygens (including phenoxy) is 2. The fourth-order valence-electron chi connectivity index (χ4n) is 2.47. The van der Waals surface area contributed by atoms with Gasteiger partial charge in [0.1, 0.15) is 6.10 Å². The lowest BCUT2D eigenvalue weighted by molar-refractivity contribution is -0.0978. The molecule has 0 spiro atoms. The summed E-state index contributed by atoms with van der Waals surface area (Å²) in [7, 11) is 0. The molecule has 0 unspecified atom stereocenters. The Labute approximate surface area is 115 Å². The zero-order chi connectivity index (χ0) is 13.8. The molecule has 1 fully saturated rings. The first-order valence-electron chi connectivity index (χ1n) is 7.07. The number of hydrogen-bond acceptors (Lipinski definition) is 3. The van der Waals surface area contributed by atoms with E-state index in [-0.39, 0.29) is 18.3 Å². The van der Waals surface area contributed by atoms with E-state index in [0.717, 1.165) is 5.56 Å². The van der Waals surface area contributed by atoms with Crippen LogP contribution in [0.4, 0.5) is 0 Å². The Morgan fingerprint density at radius 2 is 1.95 bits per heavy atom. The van der Waals surface area contributed by atoms with E-state index in [4.69, 9.17) is 9.47 Å². The Morgan fingerprint density at radius 1 is 1.26 bits per heavy atom. The van der Waals surface area contributed by atoms with Crippen LogP contribution in [0.15, 0.2) is 30.3 Å². The minimum Gasteiger partial charge on any atom is -0.390 e. The molecule has 19 heavy (non-hydrogen) atoms. The van der Waals surface area contributed by atoms with Gasteiger partial charge in [0.2, 0.25) is 0 Å². The first-order chi connectivity index (χ1) is 9.08. The van der Waals surface area contributed by atoms with Gasteiger partial charge in [-0.3, -0.25) is 0 Å². The molecule has 0 amide bonds. The lowest BCUT2D eigenvalue weighted by atomic mass is 10.0. The lowest BCUT2D eigenvalue weighted by Gasteiger charge is -2.23. The largest absolute Gasteiger partial charge is 0.390 e. The Morgan fingerprint density at radius 3 is 2.53 bits per heavy atom. The number of aliphatic hydroxyl groups excluding tert-OH is 1. The van der Waals surface area contributed by atoms with Gasteiger partial charge in [0, 0.05) is 6.42 Å². The van der Waals surface area contributed by atoms with Gasteiger partial charge in [0.25, 0.3) is 0 Å². The molecule has 1 aliphatic rings. The molecule has 1 aromatic carbocycles. The van der Waals surface area contributed by atoms with Crippen molar-refractivity contribution in [3.8, 4) is 0 Å².